The summed E-state index contributed by atoms with van der Waals surface area (Å²) in [5.41, 5.74) is 1.05. The molecule has 1 unspecified atom stereocenters. The maximum absolute atomic E-state index is 12.9. The van der Waals surface area contributed by atoms with Gasteiger partial charge in [-0.05, 0) is 23.6 Å². The van der Waals surface area contributed by atoms with E-state index in [1.807, 2.05) is 29.2 Å². The van der Waals surface area contributed by atoms with Crippen LogP contribution >= 0.6 is 15.9 Å². The van der Waals surface area contributed by atoms with Gasteiger partial charge in [0.05, 0.1) is 5.92 Å². The summed E-state index contributed by atoms with van der Waals surface area (Å²) >= 11 is 3.43. The predicted molar refractivity (Wildman–Crippen MR) is 90.6 cm³/mol. The molecule has 0 spiro atoms. The maximum Gasteiger partial charge on any atom is 0.230 e. The van der Waals surface area contributed by atoms with Crippen molar-refractivity contribution in [2.75, 3.05) is 26.2 Å². The first-order valence-corrected chi connectivity index (χ1v) is 8.49. The third kappa shape index (κ3) is 3.88. The highest BCUT2D eigenvalue weighted by Gasteiger charge is 2.31. The van der Waals surface area contributed by atoms with E-state index in [1.54, 1.807) is 11.8 Å². The van der Waals surface area contributed by atoms with Crippen molar-refractivity contribution in [2.45, 2.75) is 26.7 Å². The third-order valence-corrected chi connectivity index (χ3v) is 4.73. The van der Waals surface area contributed by atoms with Crippen LogP contribution in [-0.4, -0.2) is 47.8 Å². The second kappa shape index (κ2) is 7.27. The molecule has 0 aromatic heterocycles. The molecule has 1 aliphatic heterocycles. The Morgan fingerprint density at radius 1 is 1.00 bits per heavy atom. The van der Waals surface area contributed by atoms with Crippen molar-refractivity contribution in [1.29, 1.82) is 0 Å². The molecular formula is C17H23BrN2O2. The number of nitrogens with zero attached hydrogens (tertiary/aromatic N) is 2. The van der Waals surface area contributed by atoms with Gasteiger partial charge >= 0.3 is 0 Å². The quantitative estimate of drug-likeness (QED) is 0.824. The van der Waals surface area contributed by atoms with E-state index in [4.69, 9.17) is 0 Å². The summed E-state index contributed by atoms with van der Waals surface area (Å²) in [6, 6.07) is 7.98. The first-order chi connectivity index (χ1) is 10.4. The molecule has 1 saturated heterocycles. The molecule has 0 N–H and O–H groups in total. The summed E-state index contributed by atoms with van der Waals surface area (Å²) in [5.74, 6) is 0.359. The molecule has 0 radical (unpaired) electrons. The molecule has 0 bridgehead atoms. The van der Waals surface area contributed by atoms with E-state index in [-0.39, 0.29) is 23.7 Å². The summed E-state index contributed by atoms with van der Waals surface area (Å²) in [6.07, 6.45) is 0. The van der Waals surface area contributed by atoms with Crippen molar-refractivity contribution in [3.8, 4) is 0 Å². The highest BCUT2D eigenvalue weighted by molar-refractivity contribution is 9.10. The van der Waals surface area contributed by atoms with E-state index in [0.717, 1.165) is 10.0 Å². The molecule has 22 heavy (non-hydrogen) atoms. The number of piperazine rings is 1. The SMILES string of the molecule is CC(=O)N1CCN(C(=O)C(c2ccc(Br)cc2)C(C)C)CC1. The Labute approximate surface area is 140 Å². The van der Waals surface area contributed by atoms with Crippen molar-refractivity contribution in [1.82, 2.24) is 9.80 Å². The lowest BCUT2D eigenvalue weighted by atomic mass is 9.87. The van der Waals surface area contributed by atoms with Crippen molar-refractivity contribution in [2.24, 2.45) is 5.92 Å². The lowest BCUT2D eigenvalue weighted by Gasteiger charge is -2.37. The van der Waals surface area contributed by atoms with Gasteiger partial charge in [-0.3, -0.25) is 9.59 Å². The van der Waals surface area contributed by atoms with Gasteiger partial charge in [0.1, 0.15) is 0 Å². The second-order valence-corrected chi connectivity index (χ2v) is 7.02. The molecule has 1 aliphatic rings. The molecule has 1 aromatic carbocycles. The molecule has 1 atom stereocenters. The standard InChI is InChI=1S/C17H23BrN2O2/c1-12(2)16(14-4-6-15(18)7-5-14)17(22)20-10-8-19(9-11-20)13(3)21/h4-7,12,16H,8-11H2,1-3H3. The van der Waals surface area contributed by atoms with E-state index < -0.39 is 0 Å². The van der Waals surface area contributed by atoms with Crippen LogP contribution in [0.2, 0.25) is 0 Å². The Hall–Kier alpha value is -1.36. The summed E-state index contributed by atoms with van der Waals surface area (Å²) < 4.78 is 1.02. The van der Waals surface area contributed by atoms with Gasteiger partial charge in [0, 0.05) is 37.6 Å². The average molecular weight is 367 g/mol. The van der Waals surface area contributed by atoms with Crippen molar-refractivity contribution >= 4 is 27.7 Å². The monoisotopic (exact) mass is 366 g/mol. The van der Waals surface area contributed by atoms with Gasteiger partial charge in [0.15, 0.2) is 0 Å². The lowest BCUT2D eigenvalue weighted by Crippen LogP contribution is -2.51. The maximum atomic E-state index is 12.9. The van der Waals surface area contributed by atoms with Crippen LogP contribution in [0.1, 0.15) is 32.3 Å². The Morgan fingerprint density at radius 3 is 1.95 bits per heavy atom. The molecule has 1 aromatic rings. The molecule has 1 fully saturated rings. The number of amides is 2. The molecule has 5 heteroatoms. The third-order valence-electron chi connectivity index (χ3n) is 4.20. The van der Waals surface area contributed by atoms with Gasteiger partial charge in [0.25, 0.3) is 0 Å². The van der Waals surface area contributed by atoms with Gasteiger partial charge in [-0.1, -0.05) is 41.9 Å². The fourth-order valence-corrected chi connectivity index (χ4v) is 3.19. The molecule has 1 heterocycles. The van der Waals surface area contributed by atoms with E-state index in [0.29, 0.717) is 26.2 Å². The summed E-state index contributed by atoms with van der Waals surface area (Å²) in [5, 5.41) is 0. The molecular weight excluding hydrogens is 344 g/mol. The van der Waals surface area contributed by atoms with Crippen LogP contribution in [0.25, 0.3) is 0 Å². The largest absolute Gasteiger partial charge is 0.339 e. The van der Waals surface area contributed by atoms with Gasteiger partial charge in [-0.15, -0.1) is 0 Å². The van der Waals surface area contributed by atoms with Gasteiger partial charge in [-0.25, -0.2) is 0 Å². The number of hydrogen-bond acceptors (Lipinski definition) is 2. The van der Waals surface area contributed by atoms with Crippen LogP contribution < -0.4 is 0 Å². The van der Waals surface area contributed by atoms with Crippen molar-refractivity contribution in [3.63, 3.8) is 0 Å². The van der Waals surface area contributed by atoms with E-state index in [9.17, 15) is 9.59 Å². The van der Waals surface area contributed by atoms with Crippen LogP contribution in [-0.2, 0) is 9.59 Å². The molecule has 0 aliphatic carbocycles. The Kier molecular flexibility index (Phi) is 5.62. The summed E-state index contributed by atoms with van der Waals surface area (Å²) in [4.78, 5) is 28.0. The highest BCUT2D eigenvalue weighted by Crippen LogP contribution is 2.28. The fourth-order valence-electron chi connectivity index (χ4n) is 2.92. The molecule has 0 saturated carbocycles. The van der Waals surface area contributed by atoms with Crippen molar-refractivity contribution < 1.29 is 9.59 Å². The molecule has 2 amide bonds. The predicted octanol–water partition coefficient (Wildman–Crippen LogP) is 2.88. The van der Waals surface area contributed by atoms with Crippen LogP contribution in [0, 0.1) is 5.92 Å². The van der Waals surface area contributed by atoms with E-state index in [2.05, 4.69) is 29.8 Å². The first-order valence-electron chi connectivity index (χ1n) is 7.70. The summed E-state index contributed by atoms with van der Waals surface area (Å²) in [6.45, 7) is 8.25. The van der Waals surface area contributed by atoms with Gasteiger partial charge < -0.3 is 9.80 Å². The first kappa shape index (κ1) is 17.0. The number of hydrogen-bond donors (Lipinski definition) is 0. The Bertz CT molecular complexity index is 534. The zero-order valence-corrected chi connectivity index (χ0v) is 15.0. The highest BCUT2D eigenvalue weighted by atomic mass is 79.9. The topological polar surface area (TPSA) is 40.6 Å². The second-order valence-electron chi connectivity index (χ2n) is 6.10. The lowest BCUT2D eigenvalue weighted by molar-refractivity contribution is -0.140. The average Bonchev–Trinajstić information content (AvgIpc) is 2.49. The van der Waals surface area contributed by atoms with Crippen LogP contribution in [0.4, 0.5) is 0 Å². The fraction of sp³-hybridized carbons (Fsp3) is 0.529. The molecule has 120 valence electrons. The number of rotatable bonds is 3. The minimum absolute atomic E-state index is 0.0837. The van der Waals surface area contributed by atoms with Crippen LogP contribution in [0.3, 0.4) is 0 Å². The zero-order valence-electron chi connectivity index (χ0n) is 13.4. The number of halogens is 1. The van der Waals surface area contributed by atoms with E-state index >= 15 is 0 Å². The molecule has 4 nitrogen and oxygen atoms in total. The zero-order chi connectivity index (χ0) is 16.3. The van der Waals surface area contributed by atoms with Gasteiger partial charge in [-0.2, -0.15) is 0 Å². The Morgan fingerprint density at radius 2 is 1.50 bits per heavy atom. The molecule has 2 rings (SSSR count). The number of carbonyl (C=O) groups excluding carboxylic acids is 2. The van der Waals surface area contributed by atoms with Gasteiger partial charge in [0.2, 0.25) is 11.8 Å². The van der Waals surface area contributed by atoms with Crippen LogP contribution in [0.5, 0.6) is 0 Å². The smallest absolute Gasteiger partial charge is 0.230 e. The van der Waals surface area contributed by atoms with E-state index in [1.165, 1.54) is 0 Å². The normalized spacial score (nSPS) is 16.8. The van der Waals surface area contributed by atoms with Crippen molar-refractivity contribution in [3.05, 3.63) is 34.3 Å². The summed E-state index contributed by atoms with van der Waals surface area (Å²) in [7, 11) is 0. The Balaban J connectivity index is 2.11. The number of carbonyl (C=O) groups is 2. The minimum Gasteiger partial charge on any atom is -0.339 e. The minimum atomic E-state index is -0.128. The van der Waals surface area contributed by atoms with Crippen LogP contribution in [0.15, 0.2) is 28.7 Å². The number of benzene rings is 1.